The summed E-state index contributed by atoms with van der Waals surface area (Å²) in [5.74, 6) is 0.625. The van der Waals surface area contributed by atoms with Gasteiger partial charge in [-0.05, 0) is 55.9 Å². The number of piperidine rings is 1. The number of hydrogen-bond acceptors (Lipinski definition) is 3. The topological polar surface area (TPSA) is 15.3 Å². The van der Waals surface area contributed by atoms with Gasteiger partial charge in [0, 0.05) is 33.3 Å². The molecule has 2 atom stereocenters. The van der Waals surface area contributed by atoms with Crippen molar-refractivity contribution in [3.8, 4) is 0 Å². The minimum Gasteiger partial charge on any atom is -0.380 e. The predicted octanol–water partition coefficient (Wildman–Crippen LogP) is 4.70. The molecule has 0 unspecified atom stereocenters. The van der Waals surface area contributed by atoms with Crippen molar-refractivity contribution < 1.29 is 0 Å². The van der Waals surface area contributed by atoms with Gasteiger partial charge in [0.15, 0.2) is 0 Å². The highest BCUT2D eigenvalue weighted by Gasteiger charge is 2.36. The molecule has 0 amide bonds. The number of nitrogens with zero attached hydrogens (tertiary/aromatic N) is 1. The van der Waals surface area contributed by atoms with Crippen molar-refractivity contribution in [1.29, 1.82) is 0 Å². The summed E-state index contributed by atoms with van der Waals surface area (Å²) in [6.45, 7) is 2.33. The second-order valence-corrected chi connectivity index (χ2v) is 7.74. The molecule has 4 rings (SSSR count). The van der Waals surface area contributed by atoms with Gasteiger partial charge in [0.05, 0.1) is 5.69 Å². The van der Waals surface area contributed by atoms with E-state index in [1.54, 1.807) is 0 Å². The second-order valence-electron chi connectivity index (χ2n) is 6.18. The molecule has 2 heterocycles. The number of nitrogens with one attached hydrogen (secondary N) is 1. The lowest BCUT2D eigenvalue weighted by Crippen LogP contribution is -2.39. The van der Waals surface area contributed by atoms with Crippen LogP contribution in [0.15, 0.2) is 52.3 Å². The number of fused-ring (bicyclic) bond motifs is 3. The van der Waals surface area contributed by atoms with E-state index in [2.05, 4.69) is 47.6 Å². The molecular formula is C18H19ClN2S. The van der Waals surface area contributed by atoms with Crippen LogP contribution in [0.25, 0.3) is 0 Å². The van der Waals surface area contributed by atoms with Crippen molar-refractivity contribution in [2.45, 2.75) is 28.2 Å². The summed E-state index contributed by atoms with van der Waals surface area (Å²) in [5, 5.41) is 4.57. The Morgan fingerprint density at radius 2 is 2.00 bits per heavy atom. The maximum atomic E-state index is 5.98. The van der Waals surface area contributed by atoms with Crippen LogP contribution in [0, 0.1) is 0 Å². The first-order chi connectivity index (χ1) is 10.7. The second kappa shape index (κ2) is 5.80. The molecule has 22 heavy (non-hydrogen) atoms. The number of likely N-dealkylation sites (N-methyl/N-ethyl adjacent to an activating group) is 1. The quantitative estimate of drug-likeness (QED) is 0.859. The summed E-state index contributed by atoms with van der Waals surface area (Å²) in [4.78, 5) is 4.99. The minimum atomic E-state index is 0.596. The third-order valence-corrected chi connectivity index (χ3v) is 5.96. The van der Waals surface area contributed by atoms with Gasteiger partial charge in [0.1, 0.15) is 0 Å². The van der Waals surface area contributed by atoms with E-state index in [-0.39, 0.29) is 0 Å². The van der Waals surface area contributed by atoms with E-state index in [9.17, 15) is 0 Å². The Balaban J connectivity index is 1.65. The number of para-hydroxylation sites is 1. The van der Waals surface area contributed by atoms with Gasteiger partial charge in [0.25, 0.3) is 0 Å². The summed E-state index contributed by atoms with van der Waals surface area (Å²) in [5.41, 5.74) is 2.82. The lowest BCUT2D eigenvalue weighted by molar-refractivity contribution is 0.243. The molecule has 2 aromatic rings. The molecule has 0 saturated carbocycles. The van der Waals surface area contributed by atoms with Crippen molar-refractivity contribution in [2.24, 2.45) is 0 Å². The Morgan fingerprint density at radius 3 is 2.82 bits per heavy atom. The Hall–Kier alpha value is -1.16. The van der Waals surface area contributed by atoms with Gasteiger partial charge in [-0.2, -0.15) is 0 Å². The maximum absolute atomic E-state index is 5.98. The van der Waals surface area contributed by atoms with Crippen molar-refractivity contribution >= 4 is 29.1 Å². The van der Waals surface area contributed by atoms with Gasteiger partial charge in [-0.15, -0.1) is 0 Å². The van der Waals surface area contributed by atoms with Crippen molar-refractivity contribution in [3.05, 3.63) is 53.1 Å². The average Bonchev–Trinajstić information content (AvgIpc) is 2.89. The number of benzene rings is 2. The largest absolute Gasteiger partial charge is 0.380 e. The zero-order valence-electron chi connectivity index (χ0n) is 12.6. The zero-order valence-corrected chi connectivity index (χ0v) is 14.1. The maximum Gasteiger partial charge on any atom is 0.0521 e. The Kier molecular flexibility index (Phi) is 3.81. The van der Waals surface area contributed by atoms with Gasteiger partial charge in [-0.25, -0.2) is 0 Å². The average molecular weight is 331 g/mol. The van der Waals surface area contributed by atoms with E-state index in [0.717, 1.165) is 11.6 Å². The first-order valence-corrected chi connectivity index (χ1v) is 8.91. The van der Waals surface area contributed by atoms with Gasteiger partial charge in [0.2, 0.25) is 0 Å². The predicted molar refractivity (Wildman–Crippen MR) is 94.3 cm³/mol. The first-order valence-electron chi connectivity index (χ1n) is 7.72. The SMILES string of the molecule is CN1CC[C@@H]2Nc3c(Sc4ccc(Cl)cc4)cccc3[C@H]2C1. The fourth-order valence-corrected chi connectivity index (χ4v) is 4.59. The molecule has 1 N–H and O–H groups in total. The molecule has 2 aliphatic rings. The minimum absolute atomic E-state index is 0.596. The zero-order chi connectivity index (χ0) is 15.1. The summed E-state index contributed by atoms with van der Waals surface area (Å²) >= 11 is 7.79. The number of hydrogen-bond donors (Lipinski definition) is 1. The molecule has 0 aromatic heterocycles. The van der Waals surface area contributed by atoms with Gasteiger partial charge in [-0.1, -0.05) is 35.5 Å². The Labute approximate surface area is 140 Å². The summed E-state index contributed by atoms with van der Waals surface area (Å²) in [6, 6.07) is 15.4. The molecule has 0 spiro atoms. The molecule has 2 aromatic carbocycles. The lowest BCUT2D eigenvalue weighted by Gasteiger charge is -2.32. The summed E-state index contributed by atoms with van der Waals surface area (Å²) in [6.07, 6.45) is 1.22. The number of likely N-dealkylation sites (tertiary alicyclic amines) is 1. The van der Waals surface area contributed by atoms with E-state index >= 15 is 0 Å². The summed E-state index contributed by atoms with van der Waals surface area (Å²) < 4.78 is 0. The van der Waals surface area contributed by atoms with E-state index in [0.29, 0.717) is 12.0 Å². The fourth-order valence-electron chi connectivity index (χ4n) is 3.51. The molecule has 0 aliphatic carbocycles. The third-order valence-electron chi connectivity index (χ3n) is 4.65. The molecule has 0 bridgehead atoms. The third kappa shape index (κ3) is 2.62. The Bertz CT molecular complexity index is 686. The van der Waals surface area contributed by atoms with Gasteiger partial charge in [-0.3, -0.25) is 0 Å². The molecule has 1 fully saturated rings. The van der Waals surface area contributed by atoms with Crippen LogP contribution in [0.4, 0.5) is 5.69 Å². The van der Waals surface area contributed by atoms with Crippen LogP contribution in [-0.2, 0) is 0 Å². The standard InChI is InChI=1S/C18H19ClN2S/c1-21-10-9-16-15(11-21)14-3-2-4-17(18(14)20-16)22-13-7-5-12(19)6-8-13/h2-8,15-16,20H,9-11H2,1H3/t15-,16+/m1/s1. The van der Waals surface area contributed by atoms with Crippen molar-refractivity contribution in [1.82, 2.24) is 4.90 Å². The molecule has 2 aliphatic heterocycles. The van der Waals surface area contributed by atoms with Crippen LogP contribution in [-0.4, -0.2) is 31.1 Å². The number of anilines is 1. The van der Waals surface area contributed by atoms with Crippen molar-refractivity contribution in [2.75, 3.05) is 25.5 Å². The van der Waals surface area contributed by atoms with E-state index < -0.39 is 0 Å². The van der Waals surface area contributed by atoms with Gasteiger partial charge < -0.3 is 10.2 Å². The highest BCUT2D eigenvalue weighted by Crippen LogP contribution is 2.46. The molecule has 114 valence electrons. The van der Waals surface area contributed by atoms with Crippen LogP contribution < -0.4 is 5.32 Å². The Morgan fingerprint density at radius 1 is 1.18 bits per heavy atom. The van der Waals surface area contributed by atoms with Crippen molar-refractivity contribution in [3.63, 3.8) is 0 Å². The van der Waals surface area contributed by atoms with Crippen LogP contribution >= 0.6 is 23.4 Å². The smallest absolute Gasteiger partial charge is 0.0521 e. The van der Waals surface area contributed by atoms with Crippen LogP contribution in [0.5, 0.6) is 0 Å². The van der Waals surface area contributed by atoms with Crippen LogP contribution in [0.1, 0.15) is 17.9 Å². The number of halogens is 1. The van der Waals surface area contributed by atoms with E-state index in [4.69, 9.17) is 11.6 Å². The molecule has 1 saturated heterocycles. The van der Waals surface area contributed by atoms with Crippen LogP contribution in [0.2, 0.25) is 5.02 Å². The normalized spacial score (nSPS) is 23.7. The lowest BCUT2D eigenvalue weighted by atomic mass is 9.90. The van der Waals surface area contributed by atoms with E-state index in [1.165, 1.54) is 34.0 Å². The monoisotopic (exact) mass is 330 g/mol. The number of rotatable bonds is 2. The molecule has 2 nitrogen and oxygen atoms in total. The first kappa shape index (κ1) is 14.4. The molecule has 0 radical (unpaired) electrons. The summed E-state index contributed by atoms with van der Waals surface area (Å²) in [7, 11) is 2.22. The molecular weight excluding hydrogens is 312 g/mol. The van der Waals surface area contributed by atoms with Crippen LogP contribution in [0.3, 0.4) is 0 Å². The highest BCUT2D eigenvalue weighted by molar-refractivity contribution is 7.99. The highest BCUT2D eigenvalue weighted by atomic mass is 35.5. The molecule has 4 heteroatoms. The van der Waals surface area contributed by atoms with Gasteiger partial charge >= 0.3 is 0 Å². The fraction of sp³-hybridized carbons (Fsp3) is 0.333. The van der Waals surface area contributed by atoms with E-state index in [1.807, 2.05) is 23.9 Å².